The number of para-hydroxylation sites is 1. The zero-order chi connectivity index (χ0) is 16.9. The van der Waals surface area contributed by atoms with Gasteiger partial charge in [-0.05, 0) is 24.3 Å². The van der Waals surface area contributed by atoms with Gasteiger partial charge in [0.05, 0.1) is 16.9 Å². The van der Waals surface area contributed by atoms with Crippen LogP contribution in [0, 0.1) is 11.6 Å². The van der Waals surface area contributed by atoms with Crippen LogP contribution in [0.3, 0.4) is 0 Å². The average Bonchev–Trinajstić information content (AvgIpc) is 2.58. The number of hydrogen-bond donors (Lipinski definition) is 2. The molecule has 6 heteroatoms. The van der Waals surface area contributed by atoms with Crippen molar-refractivity contribution in [2.75, 3.05) is 17.2 Å². The number of nitrogens with zero attached hydrogens (tertiary/aromatic N) is 1. The second kappa shape index (κ2) is 7.04. The Morgan fingerprint density at radius 2 is 1.88 bits per heavy atom. The molecular formula is C18H15F2N3O. The molecule has 0 bridgehead atoms. The van der Waals surface area contributed by atoms with Gasteiger partial charge in [0, 0.05) is 30.6 Å². The number of pyridine rings is 1. The second-order valence-corrected chi connectivity index (χ2v) is 5.23. The molecule has 0 aliphatic rings. The molecule has 0 saturated carbocycles. The molecule has 0 aliphatic carbocycles. The number of amides is 1. The fourth-order valence-electron chi connectivity index (χ4n) is 2.36. The summed E-state index contributed by atoms with van der Waals surface area (Å²) >= 11 is 0. The first-order chi connectivity index (χ1) is 11.6. The lowest BCUT2D eigenvalue weighted by Crippen LogP contribution is -2.17. The van der Waals surface area contributed by atoms with Crippen molar-refractivity contribution in [2.24, 2.45) is 0 Å². The van der Waals surface area contributed by atoms with Crippen molar-refractivity contribution < 1.29 is 13.6 Å². The van der Waals surface area contributed by atoms with Crippen molar-refractivity contribution in [3.63, 3.8) is 0 Å². The molecule has 24 heavy (non-hydrogen) atoms. The Labute approximate surface area is 137 Å². The third kappa shape index (κ3) is 3.65. The Morgan fingerprint density at radius 3 is 2.71 bits per heavy atom. The summed E-state index contributed by atoms with van der Waals surface area (Å²) in [5.41, 5.74) is 1.62. The molecule has 3 aromatic rings. The van der Waals surface area contributed by atoms with Gasteiger partial charge in [-0.25, -0.2) is 8.78 Å². The van der Waals surface area contributed by atoms with E-state index in [0.717, 1.165) is 28.7 Å². The van der Waals surface area contributed by atoms with Crippen molar-refractivity contribution >= 4 is 28.2 Å². The number of anilines is 2. The largest absolute Gasteiger partial charge is 0.383 e. The molecule has 4 nitrogen and oxygen atoms in total. The lowest BCUT2D eigenvalue weighted by atomic mass is 10.2. The standard InChI is InChI=1S/C18H15F2N3O/c19-13-6-7-15(14(20)11-13)23-17(24)8-10-21-16-5-1-3-12-4-2-9-22-18(12)16/h1-7,9,11,21H,8,10H2,(H,23,24). The summed E-state index contributed by atoms with van der Waals surface area (Å²) in [6.07, 6.45) is 1.84. The minimum atomic E-state index is -0.797. The molecule has 3 rings (SSSR count). The van der Waals surface area contributed by atoms with E-state index in [1.54, 1.807) is 6.20 Å². The van der Waals surface area contributed by atoms with Gasteiger partial charge in [0.15, 0.2) is 0 Å². The summed E-state index contributed by atoms with van der Waals surface area (Å²) in [4.78, 5) is 16.2. The molecule has 1 amide bonds. The van der Waals surface area contributed by atoms with Crippen LogP contribution in [0.1, 0.15) is 6.42 Å². The predicted molar refractivity (Wildman–Crippen MR) is 89.8 cm³/mol. The zero-order valence-electron chi connectivity index (χ0n) is 12.7. The van der Waals surface area contributed by atoms with Gasteiger partial charge >= 0.3 is 0 Å². The van der Waals surface area contributed by atoms with Crippen LogP contribution in [0.15, 0.2) is 54.7 Å². The molecule has 1 heterocycles. The Bertz CT molecular complexity index is 878. The molecule has 0 unspecified atom stereocenters. The van der Waals surface area contributed by atoms with Gasteiger partial charge in [-0.2, -0.15) is 0 Å². The van der Waals surface area contributed by atoms with Gasteiger partial charge in [-0.15, -0.1) is 0 Å². The third-order valence-electron chi connectivity index (χ3n) is 3.51. The number of benzene rings is 2. The van der Waals surface area contributed by atoms with Gasteiger partial charge in [-0.3, -0.25) is 9.78 Å². The number of carbonyl (C=O) groups excluding carboxylic acids is 1. The van der Waals surface area contributed by atoms with Crippen LogP contribution < -0.4 is 10.6 Å². The van der Waals surface area contributed by atoms with Gasteiger partial charge in [0.1, 0.15) is 11.6 Å². The number of rotatable bonds is 5. The van der Waals surface area contributed by atoms with Crippen molar-refractivity contribution in [2.45, 2.75) is 6.42 Å². The van der Waals surface area contributed by atoms with E-state index in [2.05, 4.69) is 15.6 Å². The maximum absolute atomic E-state index is 13.5. The molecule has 0 radical (unpaired) electrons. The van der Waals surface area contributed by atoms with E-state index in [4.69, 9.17) is 0 Å². The maximum atomic E-state index is 13.5. The van der Waals surface area contributed by atoms with Gasteiger partial charge < -0.3 is 10.6 Å². The number of fused-ring (bicyclic) bond motifs is 1. The van der Waals surface area contributed by atoms with Gasteiger partial charge in [-0.1, -0.05) is 18.2 Å². The first-order valence-electron chi connectivity index (χ1n) is 7.46. The monoisotopic (exact) mass is 327 g/mol. The lowest BCUT2D eigenvalue weighted by Gasteiger charge is -2.10. The number of aromatic nitrogens is 1. The van der Waals surface area contributed by atoms with Crippen molar-refractivity contribution in [1.29, 1.82) is 0 Å². The van der Waals surface area contributed by atoms with Crippen molar-refractivity contribution in [3.05, 3.63) is 66.4 Å². The lowest BCUT2D eigenvalue weighted by molar-refractivity contribution is -0.116. The van der Waals surface area contributed by atoms with Crippen LogP contribution in [0.25, 0.3) is 10.9 Å². The van der Waals surface area contributed by atoms with Crippen LogP contribution >= 0.6 is 0 Å². The first-order valence-corrected chi connectivity index (χ1v) is 7.46. The summed E-state index contributed by atoms with van der Waals surface area (Å²) in [7, 11) is 0. The second-order valence-electron chi connectivity index (χ2n) is 5.23. The van der Waals surface area contributed by atoms with Crippen LogP contribution in [0.5, 0.6) is 0 Å². The molecule has 2 N–H and O–H groups in total. The van der Waals surface area contributed by atoms with E-state index in [9.17, 15) is 13.6 Å². The fraction of sp³-hybridized carbons (Fsp3) is 0.111. The molecule has 1 aromatic heterocycles. The highest BCUT2D eigenvalue weighted by Gasteiger charge is 2.08. The molecule has 0 saturated heterocycles. The van der Waals surface area contributed by atoms with Crippen LogP contribution in [0.2, 0.25) is 0 Å². The van der Waals surface area contributed by atoms with E-state index in [-0.39, 0.29) is 18.0 Å². The van der Waals surface area contributed by atoms with Crippen molar-refractivity contribution in [3.8, 4) is 0 Å². The molecular weight excluding hydrogens is 312 g/mol. The minimum Gasteiger partial charge on any atom is -0.383 e. The van der Waals surface area contributed by atoms with E-state index < -0.39 is 11.6 Å². The number of halogens is 2. The smallest absolute Gasteiger partial charge is 0.226 e. The predicted octanol–water partition coefficient (Wildman–Crippen LogP) is 3.95. The maximum Gasteiger partial charge on any atom is 0.226 e. The molecule has 2 aromatic carbocycles. The Morgan fingerprint density at radius 1 is 1.04 bits per heavy atom. The van der Waals surface area contributed by atoms with Crippen LogP contribution in [-0.2, 0) is 4.79 Å². The molecule has 122 valence electrons. The first kappa shape index (κ1) is 15.9. The number of hydrogen-bond acceptors (Lipinski definition) is 3. The van der Waals surface area contributed by atoms with E-state index in [1.165, 1.54) is 6.07 Å². The number of nitrogens with one attached hydrogen (secondary N) is 2. The quantitative estimate of drug-likeness (QED) is 0.746. The summed E-state index contributed by atoms with van der Waals surface area (Å²) < 4.78 is 26.3. The Kier molecular flexibility index (Phi) is 4.65. The Balaban J connectivity index is 1.58. The highest BCUT2D eigenvalue weighted by atomic mass is 19.1. The van der Waals surface area contributed by atoms with Gasteiger partial charge in [0.2, 0.25) is 5.91 Å². The summed E-state index contributed by atoms with van der Waals surface area (Å²) in [6.45, 7) is 0.365. The molecule has 0 atom stereocenters. The fourth-order valence-corrected chi connectivity index (χ4v) is 2.36. The summed E-state index contributed by atoms with van der Waals surface area (Å²) in [5.74, 6) is -1.84. The van der Waals surface area contributed by atoms with Gasteiger partial charge in [0.25, 0.3) is 0 Å². The topological polar surface area (TPSA) is 54.0 Å². The number of carbonyl (C=O) groups is 1. The Hall–Kier alpha value is -3.02. The van der Waals surface area contributed by atoms with E-state index >= 15 is 0 Å². The highest BCUT2D eigenvalue weighted by Crippen LogP contribution is 2.20. The third-order valence-corrected chi connectivity index (χ3v) is 3.51. The summed E-state index contributed by atoms with van der Waals surface area (Å²) in [6, 6.07) is 12.6. The summed E-state index contributed by atoms with van der Waals surface area (Å²) in [5, 5.41) is 6.58. The average molecular weight is 327 g/mol. The molecule has 0 aliphatic heterocycles. The van der Waals surface area contributed by atoms with Crippen molar-refractivity contribution in [1.82, 2.24) is 4.98 Å². The molecule has 0 spiro atoms. The zero-order valence-corrected chi connectivity index (χ0v) is 12.7. The van der Waals surface area contributed by atoms with Crippen LogP contribution in [-0.4, -0.2) is 17.4 Å². The minimum absolute atomic E-state index is 0.0340. The normalized spacial score (nSPS) is 10.6. The van der Waals surface area contributed by atoms with E-state index in [0.29, 0.717) is 6.54 Å². The van der Waals surface area contributed by atoms with Crippen LogP contribution in [0.4, 0.5) is 20.2 Å². The highest BCUT2D eigenvalue weighted by molar-refractivity contribution is 5.92. The SMILES string of the molecule is O=C(CCNc1cccc2cccnc12)Nc1ccc(F)cc1F. The molecule has 0 fully saturated rings. The van der Waals surface area contributed by atoms with E-state index in [1.807, 2.05) is 30.3 Å².